The van der Waals surface area contributed by atoms with Crippen molar-refractivity contribution in [2.75, 3.05) is 27.4 Å². The van der Waals surface area contributed by atoms with Crippen molar-refractivity contribution in [3.05, 3.63) is 47.3 Å². The first-order valence-electron chi connectivity index (χ1n) is 8.47. The molecule has 0 amide bonds. The van der Waals surface area contributed by atoms with E-state index in [1.54, 1.807) is 24.3 Å². The summed E-state index contributed by atoms with van der Waals surface area (Å²) in [7, 11) is 2.96. The van der Waals surface area contributed by atoms with E-state index in [-0.39, 0.29) is 18.0 Å². The lowest BCUT2D eigenvalue weighted by molar-refractivity contribution is 0.0971. The lowest BCUT2D eigenvalue weighted by Gasteiger charge is -2.23. The molecule has 0 saturated heterocycles. The number of carbonyl (C=O) groups excluding carboxylic acids is 1. The summed E-state index contributed by atoms with van der Waals surface area (Å²) < 4.78 is 35.7. The summed E-state index contributed by atoms with van der Waals surface area (Å²) in [6, 6.07) is 8.22. The molecule has 1 heterocycles. The molecular weight excluding hydrogens is 339 g/mol. The number of rotatable bonds is 7. The monoisotopic (exact) mass is 360 g/mol. The molecule has 2 aromatic rings. The van der Waals surface area contributed by atoms with Gasteiger partial charge in [-0.2, -0.15) is 0 Å². The summed E-state index contributed by atoms with van der Waals surface area (Å²) in [5.41, 5.74) is 0.925. The van der Waals surface area contributed by atoms with Crippen LogP contribution in [0.2, 0.25) is 0 Å². The molecule has 6 heteroatoms. The third kappa shape index (κ3) is 3.59. The van der Waals surface area contributed by atoms with E-state index in [1.807, 2.05) is 0 Å². The molecule has 5 nitrogen and oxygen atoms in total. The topological polar surface area (TPSA) is 54.0 Å². The third-order valence-electron chi connectivity index (χ3n) is 4.26. The normalized spacial score (nSPS) is 12.6. The number of methoxy groups -OCH3 is 2. The molecule has 2 aromatic carbocycles. The van der Waals surface area contributed by atoms with Crippen LogP contribution in [0.25, 0.3) is 0 Å². The van der Waals surface area contributed by atoms with Gasteiger partial charge < -0.3 is 18.9 Å². The van der Waals surface area contributed by atoms with Crippen molar-refractivity contribution >= 4 is 5.78 Å². The summed E-state index contributed by atoms with van der Waals surface area (Å²) in [6.45, 7) is 0.811. The Morgan fingerprint density at radius 3 is 2.65 bits per heavy atom. The Labute approximate surface area is 151 Å². The largest absolute Gasteiger partial charge is 0.496 e. The quantitative estimate of drug-likeness (QED) is 0.703. The Hall–Kier alpha value is -2.76. The van der Waals surface area contributed by atoms with Gasteiger partial charge in [0.2, 0.25) is 5.75 Å². The van der Waals surface area contributed by atoms with Gasteiger partial charge in [-0.25, -0.2) is 4.39 Å². The summed E-state index contributed by atoms with van der Waals surface area (Å²) in [4.78, 5) is 12.8. The Morgan fingerprint density at radius 1 is 1.15 bits per heavy atom. The molecule has 3 rings (SSSR count). The standard InChI is InChI=1S/C20H21FO5/c1-23-16-12-17-19(26-11-10-25-17)20(24-2)18(16)15(22)9-5-7-13-6-3-4-8-14(13)21/h3-4,6,8,12H,5,7,9-11H2,1-2H3. The number of aryl methyl sites for hydroxylation is 1. The number of halogens is 1. The molecule has 1 aliphatic heterocycles. The minimum Gasteiger partial charge on any atom is -0.496 e. The molecule has 0 aliphatic carbocycles. The van der Waals surface area contributed by atoms with Crippen LogP contribution in [0, 0.1) is 5.82 Å². The molecule has 0 radical (unpaired) electrons. The highest BCUT2D eigenvalue weighted by Gasteiger charge is 2.28. The van der Waals surface area contributed by atoms with Crippen molar-refractivity contribution < 1.29 is 28.1 Å². The molecule has 0 aromatic heterocycles. The van der Waals surface area contributed by atoms with Gasteiger partial charge in [0.1, 0.15) is 30.3 Å². The predicted octanol–water partition coefficient (Wildman–Crippen LogP) is 3.82. The van der Waals surface area contributed by atoms with Crippen LogP contribution in [0.4, 0.5) is 4.39 Å². The van der Waals surface area contributed by atoms with Gasteiger partial charge in [-0.15, -0.1) is 0 Å². The minimum atomic E-state index is -0.255. The van der Waals surface area contributed by atoms with Gasteiger partial charge in [0.15, 0.2) is 17.3 Å². The molecule has 138 valence electrons. The van der Waals surface area contributed by atoms with Gasteiger partial charge >= 0.3 is 0 Å². The molecular formula is C20H21FO5. The van der Waals surface area contributed by atoms with E-state index in [9.17, 15) is 9.18 Å². The Kier molecular flexibility index (Phi) is 5.61. The first kappa shape index (κ1) is 18.0. The SMILES string of the molecule is COc1cc2c(c(OC)c1C(=O)CCCc1ccccc1F)OCCO2. The maximum Gasteiger partial charge on any atom is 0.204 e. The average Bonchev–Trinajstić information content (AvgIpc) is 2.67. The molecule has 0 N–H and O–H groups in total. The van der Waals surface area contributed by atoms with Crippen LogP contribution in [0.1, 0.15) is 28.8 Å². The fourth-order valence-electron chi connectivity index (χ4n) is 3.02. The average molecular weight is 360 g/mol. The van der Waals surface area contributed by atoms with E-state index < -0.39 is 0 Å². The molecule has 26 heavy (non-hydrogen) atoms. The van der Waals surface area contributed by atoms with E-state index in [4.69, 9.17) is 18.9 Å². The zero-order valence-corrected chi connectivity index (χ0v) is 14.8. The fraction of sp³-hybridized carbons (Fsp3) is 0.350. The van der Waals surface area contributed by atoms with Gasteiger partial charge in [0, 0.05) is 12.5 Å². The van der Waals surface area contributed by atoms with Crippen LogP contribution in [0.5, 0.6) is 23.0 Å². The van der Waals surface area contributed by atoms with Gasteiger partial charge in [-0.05, 0) is 24.5 Å². The number of Topliss-reactive ketones (excluding diaryl/α,β-unsaturated/α-hetero) is 1. The highest BCUT2D eigenvalue weighted by molar-refractivity contribution is 6.02. The molecule has 0 spiro atoms. The highest BCUT2D eigenvalue weighted by atomic mass is 19.1. The van der Waals surface area contributed by atoms with Crippen LogP contribution in [0.15, 0.2) is 30.3 Å². The van der Waals surface area contributed by atoms with Crippen LogP contribution < -0.4 is 18.9 Å². The number of hydrogen-bond donors (Lipinski definition) is 0. The van der Waals surface area contributed by atoms with Crippen molar-refractivity contribution in [1.82, 2.24) is 0 Å². The van der Waals surface area contributed by atoms with Gasteiger partial charge in [-0.3, -0.25) is 4.79 Å². The van der Waals surface area contributed by atoms with Crippen LogP contribution in [-0.4, -0.2) is 33.2 Å². The number of carbonyl (C=O) groups is 1. The molecule has 0 fully saturated rings. The number of fused-ring (bicyclic) bond motifs is 1. The third-order valence-corrected chi connectivity index (χ3v) is 4.26. The number of hydrogen-bond acceptors (Lipinski definition) is 5. The van der Waals surface area contributed by atoms with Crippen LogP contribution in [-0.2, 0) is 6.42 Å². The van der Waals surface area contributed by atoms with Crippen molar-refractivity contribution in [2.45, 2.75) is 19.3 Å². The van der Waals surface area contributed by atoms with Gasteiger partial charge in [0.05, 0.1) is 14.2 Å². The molecule has 0 unspecified atom stereocenters. The van der Waals surface area contributed by atoms with E-state index >= 15 is 0 Å². The van der Waals surface area contributed by atoms with E-state index in [1.165, 1.54) is 20.3 Å². The summed E-state index contributed by atoms with van der Waals surface area (Å²) in [5, 5.41) is 0. The molecule has 0 bridgehead atoms. The summed E-state index contributed by atoms with van der Waals surface area (Å²) in [6.07, 6.45) is 1.23. The van der Waals surface area contributed by atoms with Crippen molar-refractivity contribution in [3.8, 4) is 23.0 Å². The minimum absolute atomic E-state index is 0.146. The molecule has 1 aliphatic rings. The van der Waals surface area contributed by atoms with E-state index in [0.717, 1.165) is 0 Å². The van der Waals surface area contributed by atoms with Crippen molar-refractivity contribution in [1.29, 1.82) is 0 Å². The lowest BCUT2D eigenvalue weighted by Crippen LogP contribution is -2.17. The number of ether oxygens (including phenoxy) is 4. The number of ketones is 1. The highest BCUT2D eigenvalue weighted by Crippen LogP contribution is 2.47. The predicted molar refractivity (Wildman–Crippen MR) is 94.2 cm³/mol. The van der Waals surface area contributed by atoms with E-state index in [0.29, 0.717) is 60.2 Å². The van der Waals surface area contributed by atoms with Crippen LogP contribution in [0.3, 0.4) is 0 Å². The zero-order valence-electron chi connectivity index (χ0n) is 14.8. The molecule has 0 atom stereocenters. The summed E-state index contributed by atoms with van der Waals surface area (Å²) in [5.74, 6) is 1.20. The second kappa shape index (κ2) is 8.08. The smallest absolute Gasteiger partial charge is 0.204 e. The van der Waals surface area contributed by atoms with Crippen LogP contribution >= 0.6 is 0 Å². The van der Waals surface area contributed by atoms with Gasteiger partial charge in [0.25, 0.3) is 0 Å². The fourth-order valence-corrected chi connectivity index (χ4v) is 3.02. The zero-order chi connectivity index (χ0) is 18.5. The first-order valence-corrected chi connectivity index (χ1v) is 8.47. The van der Waals surface area contributed by atoms with Gasteiger partial charge in [-0.1, -0.05) is 18.2 Å². The lowest BCUT2D eigenvalue weighted by atomic mass is 10.00. The molecule has 0 saturated carbocycles. The Balaban J connectivity index is 1.81. The maximum absolute atomic E-state index is 13.7. The van der Waals surface area contributed by atoms with E-state index in [2.05, 4.69) is 0 Å². The summed E-state index contributed by atoms with van der Waals surface area (Å²) >= 11 is 0. The van der Waals surface area contributed by atoms with Crippen molar-refractivity contribution in [2.24, 2.45) is 0 Å². The maximum atomic E-state index is 13.7. The Morgan fingerprint density at radius 2 is 1.92 bits per heavy atom. The van der Waals surface area contributed by atoms with Crippen molar-refractivity contribution in [3.63, 3.8) is 0 Å². The first-order chi connectivity index (χ1) is 12.7. The Bertz CT molecular complexity index is 803. The second-order valence-corrected chi connectivity index (χ2v) is 5.88. The number of benzene rings is 2. The second-order valence-electron chi connectivity index (χ2n) is 5.88.